The van der Waals surface area contributed by atoms with Crippen LogP contribution >= 0.6 is 11.8 Å². The normalized spacial score (nSPS) is 23.2. The monoisotopic (exact) mass is 308 g/mol. The average molecular weight is 308 g/mol. The fourth-order valence-corrected chi connectivity index (χ4v) is 4.25. The first-order valence-electron chi connectivity index (χ1n) is 7.65. The highest BCUT2D eigenvalue weighted by atomic mass is 32.2. The maximum atomic E-state index is 11.1. The van der Waals surface area contributed by atoms with Crippen molar-refractivity contribution in [3.8, 4) is 0 Å². The summed E-state index contributed by atoms with van der Waals surface area (Å²) in [5.74, 6) is 1.15. The minimum atomic E-state index is -0.295. The van der Waals surface area contributed by atoms with Crippen LogP contribution in [0, 0.1) is 17.0 Å². The summed E-state index contributed by atoms with van der Waals surface area (Å²) in [7, 11) is 0. The number of nitro groups is 1. The van der Waals surface area contributed by atoms with E-state index in [9.17, 15) is 10.1 Å². The molecule has 2 rings (SSSR count). The molecule has 3 atom stereocenters. The molecule has 0 aromatic heterocycles. The van der Waals surface area contributed by atoms with Crippen molar-refractivity contribution in [1.82, 2.24) is 5.32 Å². The summed E-state index contributed by atoms with van der Waals surface area (Å²) in [4.78, 5) is 10.8. The fraction of sp³-hybridized carbons (Fsp3) is 0.625. The van der Waals surface area contributed by atoms with Crippen LogP contribution < -0.4 is 5.32 Å². The molecule has 0 bridgehead atoms. The smallest absolute Gasteiger partial charge is 0.272 e. The second-order valence-electron chi connectivity index (χ2n) is 5.72. The van der Waals surface area contributed by atoms with Crippen molar-refractivity contribution < 1.29 is 4.92 Å². The Morgan fingerprint density at radius 3 is 2.90 bits per heavy atom. The molecule has 1 aromatic carbocycles. The lowest BCUT2D eigenvalue weighted by atomic mass is 10.0. The molecular weight excluding hydrogens is 284 g/mol. The van der Waals surface area contributed by atoms with E-state index in [0.717, 1.165) is 16.9 Å². The third-order valence-corrected chi connectivity index (χ3v) is 5.55. The van der Waals surface area contributed by atoms with Crippen molar-refractivity contribution in [2.45, 2.75) is 57.4 Å². The highest BCUT2D eigenvalue weighted by Gasteiger charge is 2.28. The zero-order valence-electron chi connectivity index (χ0n) is 13.0. The molecule has 1 aliphatic rings. The van der Waals surface area contributed by atoms with Gasteiger partial charge in [0, 0.05) is 29.0 Å². The maximum absolute atomic E-state index is 11.1. The van der Waals surface area contributed by atoms with Crippen LogP contribution in [0.4, 0.5) is 5.69 Å². The Morgan fingerprint density at radius 2 is 2.24 bits per heavy atom. The number of aryl methyl sites for hydroxylation is 1. The molecule has 0 spiro atoms. The largest absolute Gasteiger partial charge is 0.306 e. The van der Waals surface area contributed by atoms with Crippen LogP contribution in [-0.4, -0.2) is 22.0 Å². The number of rotatable bonds is 6. The Morgan fingerprint density at radius 1 is 1.48 bits per heavy atom. The van der Waals surface area contributed by atoms with E-state index in [1.165, 1.54) is 19.3 Å². The van der Waals surface area contributed by atoms with Gasteiger partial charge >= 0.3 is 0 Å². The lowest BCUT2D eigenvalue weighted by molar-refractivity contribution is -0.385. The standard InChI is InChI=1S/C16H24N2O2S/c1-4-21-16-7-5-6-14(16)17-12(3)13-9-8-11(2)15(10-13)18(19)20/h8-10,12,14,16-17H,4-7H2,1-3H3. The molecule has 1 aromatic rings. The van der Waals surface area contributed by atoms with Gasteiger partial charge in [-0.25, -0.2) is 0 Å². The molecule has 0 aliphatic heterocycles. The highest BCUT2D eigenvalue weighted by Crippen LogP contribution is 2.32. The van der Waals surface area contributed by atoms with E-state index in [2.05, 4.69) is 19.2 Å². The topological polar surface area (TPSA) is 55.2 Å². The molecule has 116 valence electrons. The summed E-state index contributed by atoms with van der Waals surface area (Å²) >= 11 is 2.02. The van der Waals surface area contributed by atoms with Crippen molar-refractivity contribution in [2.75, 3.05) is 5.75 Å². The van der Waals surface area contributed by atoms with Crippen LogP contribution in [-0.2, 0) is 0 Å². The SMILES string of the molecule is CCSC1CCCC1NC(C)c1ccc(C)c([N+](=O)[O-])c1. The summed E-state index contributed by atoms with van der Waals surface area (Å²) in [6.45, 7) is 6.08. The van der Waals surface area contributed by atoms with E-state index in [1.807, 2.05) is 23.9 Å². The molecule has 5 heteroatoms. The van der Waals surface area contributed by atoms with Crippen LogP contribution in [0.2, 0.25) is 0 Å². The molecule has 1 saturated carbocycles. The number of thioether (sulfide) groups is 1. The summed E-state index contributed by atoms with van der Waals surface area (Å²) in [5, 5.41) is 15.4. The number of hydrogen-bond donors (Lipinski definition) is 1. The molecule has 0 saturated heterocycles. The first-order valence-corrected chi connectivity index (χ1v) is 8.70. The van der Waals surface area contributed by atoms with Gasteiger partial charge in [-0.15, -0.1) is 0 Å². The van der Waals surface area contributed by atoms with Crippen LogP contribution in [0.1, 0.15) is 50.3 Å². The fourth-order valence-electron chi connectivity index (χ4n) is 3.04. The molecule has 4 nitrogen and oxygen atoms in total. The molecule has 3 unspecified atom stereocenters. The van der Waals surface area contributed by atoms with Gasteiger partial charge in [0.1, 0.15) is 0 Å². The van der Waals surface area contributed by atoms with Gasteiger partial charge < -0.3 is 5.32 Å². The predicted octanol–water partition coefficient (Wildman–Crippen LogP) is 4.23. The Bertz CT molecular complexity index is 507. The quantitative estimate of drug-likeness (QED) is 0.631. The van der Waals surface area contributed by atoms with Crippen molar-refractivity contribution >= 4 is 17.4 Å². The van der Waals surface area contributed by atoms with E-state index in [-0.39, 0.29) is 16.7 Å². The van der Waals surface area contributed by atoms with Crippen LogP contribution in [0.5, 0.6) is 0 Å². The lowest BCUT2D eigenvalue weighted by Crippen LogP contribution is -2.36. The third kappa shape index (κ3) is 3.98. The van der Waals surface area contributed by atoms with Crippen LogP contribution in [0.3, 0.4) is 0 Å². The van der Waals surface area contributed by atoms with Gasteiger partial charge in [0.05, 0.1) is 4.92 Å². The van der Waals surface area contributed by atoms with Gasteiger partial charge in [-0.05, 0) is 38.0 Å². The van der Waals surface area contributed by atoms with E-state index < -0.39 is 0 Å². The zero-order valence-corrected chi connectivity index (χ0v) is 13.8. The van der Waals surface area contributed by atoms with Crippen LogP contribution in [0.15, 0.2) is 18.2 Å². The molecule has 1 N–H and O–H groups in total. The summed E-state index contributed by atoms with van der Waals surface area (Å²) in [6, 6.07) is 6.22. The van der Waals surface area contributed by atoms with E-state index in [1.54, 1.807) is 13.0 Å². The van der Waals surface area contributed by atoms with Crippen molar-refractivity contribution in [3.05, 3.63) is 39.4 Å². The van der Waals surface area contributed by atoms with Gasteiger partial charge in [0.25, 0.3) is 5.69 Å². The lowest BCUT2D eigenvalue weighted by Gasteiger charge is -2.25. The summed E-state index contributed by atoms with van der Waals surface area (Å²) in [6.07, 6.45) is 3.75. The molecule has 0 amide bonds. The molecule has 0 heterocycles. The minimum absolute atomic E-state index is 0.146. The summed E-state index contributed by atoms with van der Waals surface area (Å²) < 4.78 is 0. The Labute approximate surface area is 130 Å². The Hall–Kier alpha value is -1.07. The van der Waals surface area contributed by atoms with E-state index in [4.69, 9.17) is 0 Å². The molecule has 1 aliphatic carbocycles. The van der Waals surface area contributed by atoms with Gasteiger partial charge in [-0.1, -0.05) is 25.5 Å². The predicted molar refractivity (Wildman–Crippen MR) is 88.9 cm³/mol. The number of nitrogens with one attached hydrogen (secondary N) is 1. The number of nitrogens with zero attached hydrogens (tertiary/aromatic N) is 1. The zero-order chi connectivity index (χ0) is 15.4. The minimum Gasteiger partial charge on any atom is -0.306 e. The molecule has 1 fully saturated rings. The highest BCUT2D eigenvalue weighted by molar-refractivity contribution is 7.99. The molecule has 0 radical (unpaired) electrons. The first kappa shape index (κ1) is 16.3. The van der Waals surface area contributed by atoms with Gasteiger partial charge in [-0.2, -0.15) is 11.8 Å². The number of nitro benzene ring substituents is 1. The van der Waals surface area contributed by atoms with E-state index >= 15 is 0 Å². The van der Waals surface area contributed by atoms with Crippen molar-refractivity contribution in [1.29, 1.82) is 0 Å². The number of benzene rings is 1. The van der Waals surface area contributed by atoms with Gasteiger partial charge in [0.2, 0.25) is 0 Å². The van der Waals surface area contributed by atoms with Gasteiger partial charge in [0.15, 0.2) is 0 Å². The second-order valence-corrected chi connectivity index (χ2v) is 7.24. The number of hydrogen-bond acceptors (Lipinski definition) is 4. The van der Waals surface area contributed by atoms with Crippen LogP contribution in [0.25, 0.3) is 0 Å². The first-order chi connectivity index (χ1) is 10.0. The van der Waals surface area contributed by atoms with Crippen molar-refractivity contribution in [3.63, 3.8) is 0 Å². The molecular formula is C16H24N2O2S. The summed E-state index contributed by atoms with van der Waals surface area (Å²) in [5.41, 5.74) is 1.93. The second kappa shape index (κ2) is 7.27. The van der Waals surface area contributed by atoms with Gasteiger partial charge in [-0.3, -0.25) is 10.1 Å². The average Bonchev–Trinajstić information content (AvgIpc) is 2.86. The van der Waals surface area contributed by atoms with E-state index in [0.29, 0.717) is 11.3 Å². The maximum Gasteiger partial charge on any atom is 0.272 e. The third-order valence-electron chi connectivity index (χ3n) is 4.23. The Balaban J connectivity index is 2.08. The Kier molecular flexibility index (Phi) is 5.65. The molecule has 21 heavy (non-hydrogen) atoms. The van der Waals surface area contributed by atoms with Crippen molar-refractivity contribution in [2.24, 2.45) is 0 Å².